The van der Waals surface area contributed by atoms with Crippen molar-refractivity contribution in [2.24, 2.45) is 10.2 Å². The second kappa shape index (κ2) is 12.5. The molecule has 0 saturated heterocycles. The quantitative estimate of drug-likeness (QED) is 0.178. The van der Waals surface area contributed by atoms with E-state index in [1.54, 1.807) is 48.5 Å². The van der Waals surface area contributed by atoms with Crippen molar-refractivity contribution in [3.63, 3.8) is 0 Å². The average molecular weight is 537 g/mol. The first-order chi connectivity index (χ1) is 19.3. The molecule has 4 aromatic rings. The molecule has 0 atom stereocenters. The van der Waals surface area contributed by atoms with Crippen molar-refractivity contribution < 1.29 is 19.4 Å². The monoisotopic (exact) mass is 536 g/mol. The molecule has 2 N–H and O–H groups in total. The fourth-order valence-corrected chi connectivity index (χ4v) is 3.45. The highest BCUT2D eigenvalue weighted by atomic mass is 16.6. The van der Waals surface area contributed by atoms with Gasteiger partial charge in [0, 0.05) is 35.4 Å². The first-order valence-corrected chi connectivity index (χ1v) is 11.7. The summed E-state index contributed by atoms with van der Waals surface area (Å²) in [5.41, 5.74) is 8.35. The lowest BCUT2D eigenvalue weighted by Gasteiger charge is -2.05. The molecule has 0 aliphatic rings. The van der Waals surface area contributed by atoms with Crippen molar-refractivity contribution in [3.05, 3.63) is 140 Å². The number of rotatable bonds is 9. The van der Waals surface area contributed by atoms with E-state index in [1.165, 1.54) is 61.0 Å². The van der Waals surface area contributed by atoms with Gasteiger partial charge in [-0.25, -0.2) is 10.9 Å². The number of nitro benzene ring substituents is 2. The Kier molecular flexibility index (Phi) is 8.42. The molecule has 0 fully saturated rings. The van der Waals surface area contributed by atoms with Crippen LogP contribution in [-0.4, -0.2) is 34.1 Å². The van der Waals surface area contributed by atoms with Gasteiger partial charge in [-0.1, -0.05) is 24.3 Å². The smallest absolute Gasteiger partial charge is 0.267 e. The van der Waals surface area contributed by atoms with Crippen molar-refractivity contribution >= 4 is 35.6 Å². The zero-order valence-electron chi connectivity index (χ0n) is 20.6. The van der Waals surface area contributed by atoms with E-state index in [9.17, 15) is 29.8 Å². The Hall–Kier alpha value is -6.04. The summed E-state index contributed by atoms with van der Waals surface area (Å²) in [6, 6.07) is 25.1. The number of nitrogens with one attached hydrogen (secondary N) is 2. The number of benzene rings is 4. The SMILES string of the molecule is O=C(N/N=C/c1ccc([N+](=O)[O-])cc1)c1ccc(-c2ccc(C(=O)N/N=C/c3ccc([N+](=O)[O-])cc3)cc2)cc1. The summed E-state index contributed by atoms with van der Waals surface area (Å²) in [5.74, 6) is -0.850. The number of hydrogen-bond donors (Lipinski definition) is 2. The molecule has 0 aliphatic carbocycles. The number of nitro groups is 2. The van der Waals surface area contributed by atoms with E-state index in [2.05, 4.69) is 21.1 Å². The van der Waals surface area contributed by atoms with Gasteiger partial charge >= 0.3 is 0 Å². The van der Waals surface area contributed by atoms with E-state index in [1.807, 2.05) is 0 Å². The van der Waals surface area contributed by atoms with Crippen LogP contribution in [-0.2, 0) is 0 Å². The van der Waals surface area contributed by atoms with Gasteiger partial charge < -0.3 is 0 Å². The minimum Gasteiger partial charge on any atom is -0.267 e. The number of hydrazone groups is 2. The van der Waals surface area contributed by atoms with Crippen molar-refractivity contribution in [3.8, 4) is 11.1 Å². The molecule has 0 bridgehead atoms. The zero-order chi connectivity index (χ0) is 28.5. The molecular weight excluding hydrogens is 516 g/mol. The van der Waals surface area contributed by atoms with Crippen LogP contribution in [0, 0.1) is 20.2 Å². The van der Waals surface area contributed by atoms with Crippen LogP contribution < -0.4 is 10.9 Å². The molecule has 4 aromatic carbocycles. The van der Waals surface area contributed by atoms with Crippen molar-refractivity contribution in [2.45, 2.75) is 0 Å². The molecule has 0 saturated carbocycles. The number of carbonyl (C=O) groups excluding carboxylic acids is 2. The Morgan fingerprint density at radius 2 is 0.875 bits per heavy atom. The Bertz CT molecular complexity index is 1470. The maximum absolute atomic E-state index is 12.4. The zero-order valence-corrected chi connectivity index (χ0v) is 20.6. The van der Waals surface area contributed by atoms with Gasteiger partial charge in [0.1, 0.15) is 0 Å². The molecule has 0 aliphatic heterocycles. The first-order valence-electron chi connectivity index (χ1n) is 11.7. The van der Waals surface area contributed by atoms with Gasteiger partial charge in [-0.15, -0.1) is 0 Å². The van der Waals surface area contributed by atoms with Gasteiger partial charge in [0.15, 0.2) is 0 Å². The van der Waals surface area contributed by atoms with Crippen LogP contribution in [0.3, 0.4) is 0 Å². The summed E-state index contributed by atoms with van der Waals surface area (Å²) in [6.07, 6.45) is 2.77. The van der Waals surface area contributed by atoms with Gasteiger partial charge in [-0.2, -0.15) is 10.2 Å². The van der Waals surface area contributed by atoms with E-state index in [-0.39, 0.29) is 11.4 Å². The van der Waals surface area contributed by atoms with Crippen LogP contribution in [0.25, 0.3) is 11.1 Å². The van der Waals surface area contributed by atoms with Crippen LogP contribution >= 0.6 is 0 Å². The summed E-state index contributed by atoms with van der Waals surface area (Å²) in [7, 11) is 0. The number of nitrogens with zero attached hydrogens (tertiary/aromatic N) is 4. The van der Waals surface area contributed by atoms with E-state index >= 15 is 0 Å². The summed E-state index contributed by atoms with van der Waals surface area (Å²) >= 11 is 0. The van der Waals surface area contributed by atoms with Crippen LogP contribution in [0.4, 0.5) is 11.4 Å². The predicted octanol–water partition coefficient (Wildman–Crippen LogP) is 4.70. The molecule has 0 heterocycles. The highest BCUT2D eigenvalue weighted by Crippen LogP contribution is 2.21. The van der Waals surface area contributed by atoms with E-state index in [4.69, 9.17) is 0 Å². The highest BCUT2D eigenvalue weighted by Gasteiger charge is 2.08. The lowest BCUT2D eigenvalue weighted by molar-refractivity contribution is -0.385. The molecule has 0 radical (unpaired) electrons. The molecule has 0 unspecified atom stereocenters. The molecular formula is C28H20N6O6. The second-order valence-electron chi connectivity index (χ2n) is 8.25. The standard InChI is InChI=1S/C28H20N6O6/c35-27(31-29-17-19-1-13-25(14-2-19)33(37)38)23-9-5-21(6-10-23)22-7-11-24(12-8-22)28(36)32-30-18-20-3-15-26(16-4-20)34(39)40/h1-18H,(H,31,35)(H,32,36)/b29-17+,30-18+. The molecule has 12 heteroatoms. The van der Waals surface area contributed by atoms with E-state index < -0.39 is 21.7 Å². The van der Waals surface area contributed by atoms with Crippen LogP contribution in [0.1, 0.15) is 31.8 Å². The third-order valence-corrected chi connectivity index (χ3v) is 5.59. The molecule has 40 heavy (non-hydrogen) atoms. The lowest BCUT2D eigenvalue weighted by Crippen LogP contribution is -2.17. The van der Waals surface area contributed by atoms with Crippen molar-refractivity contribution in [2.75, 3.05) is 0 Å². The van der Waals surface area contributed by atoms with Gasteiger partial charge in [-0.3, -0.25) is 29.8 Å². The lowest BCUT2D eigenvalue weighted by atomic mass is 10.0. The molecule has 0 spiro atoms. The average Bonchev–Trinajstić information content (AvgIpc) is 2.97. The van der Waals surface area contributed by atoms with Gasteiger partial charge in [-0.05, 0) is 70.8 Å². The minimum atomic E-state index is -0.498. The van der Waals surface area contributed by atoms with Crippen LogP contribution in [0.2, 0.25) is 0 Å². The molecule has 12 nitrogen and oxygen atoms in total. The van der Waals surface area contributed by atoms with Gasteiger partial charge in [0.2, 0.25) is 0 Å². The topological polar surface area (TPSA) is 169 Å². The number of amides is 2. The maximum atomic E-state index is 12.4. The minimum absolute atomic E-state index is 0.0369. The summed E-state index contributed by atoms with van der Waals surface area (Å²) in [5, 5.41) is 29.2. The van der Waals surface area contributed by atoms with Crippen molar-refractivity contribution in [1.82, 2.24) is 10.9 Å². The number of hydrogen-bond acceptors (Lipinski definition) is 8. The molecule has 0 aromatic heterocycles. The number of carbonyl (C=O) groups is 2. The van der Waals surface area contributed by atoms with E-state index in [0.29, 0.717) is 22.3 Å². The molecule has 198 valence electrons. The van der Waals surface area contributed by atoms with Gasteiger partial charge in [0.25, 0.3) is 23.2 Å². The number of non-ortho nitro benzene ring substituents is 2. The highest BCUT2D eigenvalue weighted by molar-refractivity contribution is 5.96. The third kappa shape index (κ3) is 7.04. The normalized spacial score (nSPS) is 10.9. The first kappa shape index (κ1) is 27.0. The second-order valence-corrected chi connectivity index (χ2v) is 8.25. The van der Waals surface area contributed by atoms with Crippen LogP contribution in [0.5, 0.6) is 0 Å². The third-order valence-electron chi connectivity index (χ3n) is 5.59. The van der Waals surface area contributed by atoms with Gasteiger partial charge in [0.05, 0.1) is 22.3 Å². The summed E-state index contributed by atoms with van der Waals surface area (Å²) in [4.78, 5) is 45.2. The fraction of sp³-hybridized carbons (Fsp3) is 0. The largest absolute Gasteiger partial charge is 0.271 e. The Balaban J connectivity index is 1.30. The predicted molar refractivity (Wildman–Crippen MR) is 148 cm³/mol. The maximum Gasteiger partial charge on any atom is 0.271 e. The van der Waals surface area contributed by atoms with Crippen molar-refractivity contribution in [1.29, 1.82) is 0 Å². The fourth-order valence-electron chi connectivity index (χ4n) is 3.45. The Morgan fingerprint density at radius 3 is 1.18 bits per heavy atom. The molecule has 4 rings (SSSR count). The Morgan fingerprint density at radius 1 is 0.550 bits per heavy atom. The Labute approximate surface area is 227 Å². The molecule has 2 amide bonds. The van der Waals surface area contributed by atoms with Crippen LogP contribution in [0.15, 0.2) is 107 Å². The summed E-state index contributed by atoms with van der Waals surface area (Å²) < 4.78 is 0. The summed E-state index contributed by atoms with van der Waals surface area (Å²) in [6.45, 7) is 0. The van der Waals surface area contributed by atoms with E-state index in [0.717, 1.165) is 11.1 Å².